The minimum absolute atomic E-state index is 0.279. The molecule has 9 heteroatoms. The average Bonchev–Trinajstić information content (AvgIpc) is 3.19. The molecule has 1 unspecified atom stereocenters. The summed E-state index contributed by atoms with van der Waals surface area (Å²) in [5.74, 6) is -2.54. The van der Waals surface area contributed by atoms with Gasteiger partial charge in [0.25, 0.3) is 5.91 Å². The fourth-order valence-corrected chi connectivity index (χ4v) is 8.40. The van der Waals surface area contributed by atoms with E-state index in [1.54, 1.807) is 30.0 Å². The number of likely N-dealkylation sites (tertiary alicyclic amines) is 1. The Morgan fingerprint density at radius 1 is 1.17 bits per heavy atom. The van der Waals surface area contributed by atoms with Gasteiger partial charge in [-0.1, -0.05) is 48.0 Å². The average molecular weight is 517 g/mol. The van der Waals surface area contributed by atoms with Crippen molar-refractivity contribution in [2.45, 2.75) is 48.3 Å². The maximum atomic E-state index is 14.3. The number of ether oxygens (including phenoxy) is 1. The number of nitrogens with zero attached hydrogens (tertiary/aromatic N) is 2. The van der Waals surface area contributed by atoms with Crippen LogP contribution in [0.1, 0.15) is 26.7 Å². The van der Waals surface area contributed by atoms with Gasteiger partial charge in [0.05, 0.1) is 46.5 Å². The summed E-state index contributed by atoms with van der Waals surface area (Å²) < 4.78 is 3.90. The monoisotopic (exact) mass is 516 g/mol. The Hall–Kier alpha value is -2.29. The first-order chi connectivity index (χ1) is 16.7. The summed E-state index contributed by atoms with van der Waals surface area (Å²) in [6.45, 7) is 3.96. The lowest BCUT2D eigenvalue weighted by Crippen LogP contribution is -2.56. The van der Waals surface area contributed by atoms with Crippen molar-refractivity contribution in [3.8, 4) is 0 Å². The van der Waals surface area contributed by atoms with Crippen molar-refractivity contribution < 1.29 is 24.2 Å². The zero-order chi connectivity index (χ0) is 25.0. The number of anilines is 1. The standard InChI is InChI=1S/C26H29ClN2O5S/c1-16(15-30)29-21-23(32)28(18-10-5-4-9-17(18)27)13-8-12-26(21)19(22(29)31)20-24(33)34-14-7-3-6-11-25(20,2)35-26/h4-6,8-12,16,19-21,30H,3,7,13-15H2,1-2H3/b11-6-/t16-,19+,20-,21?,25+,26+/m1/s1. The van der Waals surface area contributed by atoms with E-state index in [0.29, 0.717) is 17.3 Å². The van der Waals surface area contributed by atoms with Crippen LogP contribution in [-0.4, -0.2) is 69.1 Å². The lowest BCUT2D eigenvalue weighted by molar-refractivity contribution is -0.154. The molecule has 35 heavy (non-hydrogen) atoms. The molecule has 2 amide bonds. The predicted molar refractivity (Wildman–Crippen MR) is 135 cm³/mol. The van der Waals surface area contributed by atoms with Gasteiger partial charge < -0.3 is 19.6 Å². The number of amides is 2. The van der Waals surface area contributed by atoms with Crippen LogP contribution in [0.25, 0.3) is 0 Å². The van der Waals surface area contributed by atoms with E-state index in [-0.39, 0.29) is 25.0 Å². The van der Waals surface area contributed by atoms with E-state index in [2.05, 4.69) is 0 Å². The first kappa shape index (κ1) is 24.4. The second-order valence-corrected chi connectivity index (χ2v) is 12.0. The highest BCUT2D eigenvalue weighted by Gasteiger charge is 2.74. The molecule has 1 aromatic carbocycles. The molecular formula is C26H29ClN2O5S. The zero-order valence-electron chi connectivity index (χ0n) is 19.7. The van der Waals surface area contributed by atoms with E-state index in [0.717, 1.165) is 12.8 Å². The van der Waals surface area contributed by atoms with E-state index < -0.39 is 39.4 Å². The number of aliphatic hydroxyl groups is 1. The van der Waals surface area contributed by atoms with Gasteiger partial charge in [-0.05, 0) is 38.8 Å². The van der Waals surface area contributed by atoms with E-state index >= 15 is 0 Å². The van der Waals surface area contributed by atoms with Gasteiger partial charge in [0.2, 0.25) is 5.91 Å². The van der Waals surface area contributed by atoms with Crippen molar-refractivity contribution in [1.29, 1.82) is 0 Å². The predicted octanol–water partition coefficient (Wildman–Crippen LogP) is 3.20. The summed E-state index contributed by atoms with van der Waals surface area (Å²) >= 11 is 7.95. The number of aliphatic hydroxyl groups excluding tert-OH is 1. The molecule has 4 heterocycles. The summed E-state index contributed by atoms with van der Waals surface area (Å²) in [6, 6.07) is 5.60. The van der Waals surface area contributed by atoms with Crippen molar-refractivity contribution in [2.24, 2.45) is 11.8 Å². The maximum Gasteiger partial charge on any atom is 0.311 e. The first-order valence-electron chi connectivity index (χ1n) is 12.0. The van der Waals surface area contributed by atoms with Crippen LogP contribution >= 0.6 is 23.4 Å². The largest absolute Gasteiger partial charge is 0.465 e. The Bertz CT molecular complexity index is 1120. The Kier molecular flexibility index (Phi) is 6.26. The van der Waals surface area contributed by atoms with Crippen LogP contribution in [0, 0.1) is 11.8 Å². The number of fused-ring (bicyclic) bond motifs is 2. The third-order valence-corrected chi connectivity index (χ3v) is 9.69. The fourth-order valence-electron chi connectivity index (χ4n) is 6.02. The number of benzene rings is 1. The van der Waals surface area contributed by atoms with Crippen molar-refractivity contribution in [1.82, 2.24) is 4.90 Å². The molecule has 4 aliphatic rings. The molecule has 0 radical (unpaired) electrons. The van der Waals surface area contributed by atoms with Crippen LogP contribution in [0.15, 0.2) is 48.6 Å². The van der Waals surface area contributed by atoms with Crippen molar-refractivity contribution in [2.75, 3.05) is 24.7 Å². The molecule has 1 N–H and O–H groups in total. The van der Waals surface area contributed by atoms with Crippen LogP contribution in [0.4, 0.5) is 5.69 Å². The lowest BCUT2D eigenvalue weighted by atomic mass is 9.74. The van der Waals surface area contributed by atoms with Crippen molar-refractivity contribution in [3.05, 3.63) is 53.6 Å². The van der Waals surface area contributed by atoms with Crippen LogP contribution in [-0.2, 0) is 19.1 Å². The normalized spacial score (nSPS) is 36.3. The molecular weight excluding hydrogens is 488 g/mol. The Labute approximate surface area is 214 Å². The minimum atomic E-state index is -0.990. The summed E-state index contributed by atoms with van der Waals surface area (Å²) in [5, 5.41) is 10.5. The number of thioether (sulfide) groups is 1. The SMILES string of the molecule is C[C@H](CO)N1C(=O)[C@@H]2[C@@H]3C(=O)OCCC/C=C\[C@]3(C)S[C@@]23C=CCN(c2ccccc2Cl)C(=O)C13. The number of halogens is 1. The summed E-state index contributed by atoms with van der Waals surface area (Å²) in [7, 11) is 0. The van der Waals surface area contributed by atoms with E-state index in [4.69, 9.17) is 16.3 Å². The lowest BCUT2D eigenvalue weighted by Gasteiger charge is -2.39. The zero-order valence-corrected chi connectivity index (χ0v) is 21.3. The van der Waals surface area contributed by atoms with Crippen molar-refractivity contribution >= 4 is 46.8 Å². The molecule has 186 valence electrons. The molecule has 0 saturated carbocycles. The quantitative estimate of drug-likeness (QED) is 0.490. The topological polar surface area (TPSA) is 87.2 Å². The van der Waals surface area contributed by atoms with E-state index in [1.807, 2.05) is 37.3 Å². The molecule has 7 nitrogen and oxygen atoms in total. The van der Waals surface area contributed by atoms with Gasteiger partial charge in [0, 0.05) is 11.3 Å². The number of para-hydroxylation sites is 1. The molecule has 0 bridgehead atoms. The first-order valence-corrected chi connectivity index (χ1v) is 13.2. The Morgan fingerprint density at radius 3 is 2.69 bits per heavy atom. The molecule has 0 aromatic heterocycles. The second-order valence-electron chi connectivity index (χ2n) is 9.79. The molecule has 1 spiro atoms. The number of cyclic esters (lactones) is 1. The fraction of sp³-hybridized carbons (Fsp3) is 0.500. The molecule has 0 aliphatic carbocycles. The number of allylic oxidation sites excluding steroid dienone is 1. The van der Waals surface area contributed by atoms with Gasteiger partial charge >= 0.3 is 5.97 Å². The van der Waals surface area contributed by atoms with Gasteiger partial charge in [-0.25, -0.2) is 0 Å². The number of hydrogen-bond donors (Lipinski definition) is 1. The van der Waals surface area contributed by atoms with Crippen molar-refractivity contribution in [3.63, 3.8) is 0 Å². The summed E-state index contributed by atoms with van der Waals surface area (Å²) in [6.07, 6.45) is 9.39. The minimum Gasteiger partial charge on any atom is -0.465 e. The van der Waals surface area contributed by atoms with Gasteiger partial charge in [-0.15, -0.1) is 11.8 Å². The number of carbonyl (C=O) groups is 3. The van der Waals surface area contributed by atoms with E-state index in [1.165, 1.54) is 16.7 Å². The third kappa shape index (κ3) is 3.64. The van der Waals surface area contributed by atoms with Gasteiger partial charge in [0.15, 0.2) is 0 Å². The van der Waals surface area contributed by atoms with E-state index in [9.17, 15) is 19.5 Å². The molecule has 5 rings (SSSR count). The van der Waals surface area contributed by atoms with Gasteiger partial charge in [0.1, 0.15) is 6.04 Å². The number of rotatable bonds is 3. The Morgan fingerprint density at radius 2 is 1.94 bits per heavy atom. The molecule has 1 aromatic rings. The van der Waals surface area contributed by atoms with Crippen LogP contribution in [0.3, 0.4) is 0 Å². The second kappa shape index (κ2) is 8.98. The molecule has 2 fully saturated rings. The summed E-state index contributed by atoms with van der Waals surface area (Å²) in [5.41, 5.74) is 0.560. The Balaban J connectivity index is 1.68. The highest BCUT2D eigenvalue weighted by Crippen LogP contribution is 2.65. The highest BCUT2D eigenvalue weighted by molar-refractivity contribution is 8.02. The van der Waals surface area contributed by atoms with Gasteiger partial charge in [-0.3, -0.25) is 14.4 Å². The van der Waals surface area contributed by atoms with Crippen LogP contribution in [0.2, 0.25) is 5.02 Å². The smallest absolute Gasteiger partial charge is 0.311 e. The van der Waals surface area contributed by atoms with Crippen LogP contribution < -0.4 is 4.90 Å². The molecule has 4 aliphatic heterocycles. The number of esters is 1. The van der Waals surface area contributed by atoms with Crippen LogP contribution in [0.5, 0.6) is 0 Å². The third-order valence-electron chi connectivity index (χ3n) is 7.57. The number of carbonyl (C=O) groups excluding carboxylic acids is 3. The van der Waals surface area contributed by atoms with Gasteiger partial charge in [-0.2, -0.15) is 0 Å². The molecule has 2 saturated heterocycles. The summed E-state index contributed by atoms with van der Waals surface area (Å²) in [4.78, 5) is 44.8. The highest BCUT2D eigenvalue weighted by atomic mass is 35.5. The molecule has 6 atom stereocenters. The maximum absolute atomic E-state index is 14.3. The number of hydrogen-bond acceptors (Lipinski definition) is 6.